The maximum Gasteiger partial charge on any atom is 0.273 e. The van der Waals surface area contributed by atoms with Crippen LogP contribution in [0.15, 0.2) is 24.3 Å². The molecule has 104 valence electrons. The summed E-state index contributed by atoms with van der Waals surface area (Å²) in [7, 11) is 0. The van der Waals surface area contributed by atoms with Gasteiger partial charge in [-0.25, -0.2) is 0 Å². The van der Waals surface area contributed by atoms with Gasteiger partial charge in [0.2, 0.25) is 0 Å². The third kappa shape index (κ3) is 3.73. The zero-order valence-corrected chi connectivity index (χ0v) is 10.7. The number of nitrogens with one attached hydrogen (secondary N) is 1. The number of nitro benzene ring substituents is 1. The van der Waals surface area contributed by atoms with Crippen molar-refractivity contribution in [2.75, 3.05) is 19.8 Å². The van der Waals surface area contributed by atoms with Crippen molar-refractivity contribution in [3.8, 4) is 0 Å². The summed E-state index contributed by atoms with van der Waals surface area (Å²) in [5.41, 5.74) is -0.0286. The van der Waals surface area contributed by atoms with Crippen molar-refractivity contribution in [3.05, 3.63) is 39.9 Å². The maximum absolute atomic E-state index is 10.9. The lowest BCUT2D eigenvalue weighted by molar-refractivity contribution is -0.385. The van der Waals surface area contributed by atoms with Crippen LogP contribution < -0.4 is 5.32 Å². The maximum atomic E-state index is 10.9. The van der Waals surface area contributed by atoms with Crippen molar-refractivity contribution in [2.45, 2.75) is 25.0 Å². The van der Waals surface area contributed by atoms with Gasteiger partial charge in [-0.3, -0.25) is 10.1 Å². The number of rotatable bonds is 5. The van der Waals surface area contributed by atoms with Crippen molar-refractivity contribution in [1.29, 1.82) is 0 Å². The summed E-state index contributed by atoms with van der Waals surface area (Å²) in [5, 5.41) is 24.2. The molecule has 6 nitrogen and oxygen atoms in total. The average molecular weight is 266 g/mol. The first-order valence-corrected chi connectivity index (χ1v) is 6.34. The number of ether oxygens (including phenoxy) is 1. The lowest BCUT2D eigenvalue weighted by Crippen LogP contribution is -2.44. The summed E-state index contributed by atoms with van der Waals surface area (Å²) < 4.78 is 5.20. The molecule has 1 aromatic carbocycles. The van der Waals surface area contributed by atoms with Gasteiger partial charge >= 0.3 is 0 Å². The van der Waals surface area contributed by atoms with Gasteiger partial charge in [-0.05, 0) is 0 Å². The average Bonchev–Trinajstić information content (AvgIpc) is 2.40. The molecule has 0 radical (unpaired) electrons. The van der Waals surface area contributed by atoms with Crippen LogP contribution in [-0.2, 0) is 11.3 Å². The Kier molecular flexibility index (Phi) is 4.47. The van der Waals surface area contributed by atoms with E-state index in [4.69, 9.17) is 4.74 Å². The molecule has 0 aliphatic carbocycles. The molecule has 0 atom stereocenters. The minimum Gasteiger partial charge on any atom is -0.388 e. The van der Waals surface area contributed by atoms with E-state index in [0.29, 0.717) is 44.7 Å². The summed E-state index contributed by atoms with van der Waals surface area (Å²) in [5.74, 6) is 0. The Morgan fingerprint density at radius 2 is 2.05 bits per heavy atom. The van der Waals surface area contributed by atoms with Crippen LogP contribution in [0.25, 0.3) is 0 Å². The molecule has 1 heterocycles. The van der Waals surface area contributed by atoms with Crippen molar-refractivity contribution < 1.29 is 14.8 Å². The van der Waals surface area contributed by atoms with Gasteiger partial charge in [0.15, 0.2) is 0 Å². The highest BCUT2D eigenvalue weighted by molar-refractivity contribution is 5.39. The molecule has 0 aromatic heterocycles. The Labute approximate surface area is 111 Å². The highest BCUT2D eigenvalue weighted by Gasteiger charge is 2.29. The molecule has 1 fully saturated rings. The molecule has 1 aromatic rings. The van der Waals surface area contributed by atoms with Crippen molar-refractivity contribution in [2.24, 2.45) is 0 Å². The minimum absolute atomic E-state index is 0.106. The van der Waals surface area contributed by atoms with Gasteiger partial charge in [-0.15, -0.1) is 0 Å². The quantitative estimate of drug-likeness (QED) is 0.618. The van der Waals surface area contributed by atoms with Crippen LogP contribution in [0.1, 0.15) is 18.4 Å². The largest absolute Gasteiger partial charge is 0.388 e. The van der Waals surface area contributed by atoms with Gasteiger partial charge in [0.05, 0.1) is 10.5 Å². The lowest BCUT2D eigenvalue weighted by Gasteiger charge is -2.32. The normalized spacial score (nSPS) is 18.2. The molecule has 1 aliphatic rings. The number of nitro groups is 1. The molecule has 0 spiro atoms. The van der Waals surface area contributed by atoms with Gasteiger partial charge in [0.1, 0.15) is 0 Å². The number of hydrogen-bond donors (Lipinski definition) is 2. The third-order valence-electron chi connectivity index (χ3n) is 3.38. The molecular formula is C13H18N2O4. The Balaban J connectivity index is 1.90. The smallest absolute Gasteiger partial charge is 0.273 e. The van der Waals surface area contributed by atoms with Crippen molar-refractivity contribution in [1.82, 2.24) is 5.32 Å². The number of aliphatic hydroxyl groups is 1. The Morgan fingerprint density at radius 1 is 1.37 bits per heavy atom. The number of hydrogen-bond acceptors (Lipinski definition) is 5. The Bertz CT molecular complexity index is 444. The SMILES string of the molecule is O=[N+]([O-])c1ccccc1CNCC1(O)CCOCC1. The highest BCUT2D eigenvalue weighted by atomic mass is 16.6. The van der Waals surface area contributed by atoms with Gasteiger partial charge < -0.3 is 15.2 Å². The molecule has 6 heteroatoms. The molecule has 0 unspecified atom stereocenters. The standard InChI is InChI=1S/C13H18N2O4/c16-13(5-7-19-8-6-13)10-14-9-11-3-1-2-4-12(11)15(17)18/h1-4,14,16H,5-10H2. The molecule has 2 rings (SSSR count). The van der Waals surface area contributed by atoms with E-state index in [2.05, 4.69) is 5.32 Å². The fourth-order valence-corrected chi connectivity index (χ4v) is 2.20. The first kappa shape index (κ1) is 13.9. The van der Waals surface area contributed by atoms with E-state index < -0.39 is 5.60 Å². The first-order valence-electron chi connectivity index (χ1n) is 6.34. The predicted octanol–water partition coefficient (Wildman–Crippen LogP) is 1.23. The number of benzene rings is 1. The fraction of sp³-hybridized carbons (Fsp3) is 0.538. The van der Waals surface area contributed by atoms with E-state index in [-0.39, 0.29) is 10.6 Å². The number of para-hydroxylation sites is 1. The molecule has 2 N–H and O–H groups in total. The summed E-state index contributed by atoms with van der Waals surface area (Å²) >= 11 is 0. The number of nitrogens with zero attached hydrogens (tertiary/aromatic N) is 1. The molecule has 1 saturated heterocycles. The van der Waals surface area contributed by atoms with Gasteiger partial charge in [0, 0.05) is 50.8 Å². The fourth-order valence-electron chi connectivity index (χ4n) is 2.20. The highest BCUT2D eigenvalue weighted by Crippen LogP contribution is 2.21. The monoisotopic (exact) mass is 266 g/mol. The van der Waals surface area contributed by atoms with Crippen LogP contribution in [-0.4, -0.2) is 35.4 Å². The van der Waals surface area contributed by atoms with Crippen molar-refractivity contribution >= 4 is 5.69 Å². The van der Waals surface area contributed by atoms with Gasteiger partial charge in [-0.2, -0.15) is 0 Å². The van der Waals surface area contributed by atoms with E-state index in [1.54, 1.807) is 18.2 Å². The third-order valence-corrected chi connectivity index (χ3v) is 3.38. The molecule has 0 saturated carbocycles. The second-order valence-corrected chi connectivity index (χ2v) is 4.83. The second-order valence-electron chi connectivity index (χ2n) is 4.83. The first-order chi connectivity index (χ1) is 9.11. The molecule has 0 bridgehead atoms. The Morgan fingerprint density at radius 3 is 2.74 bits per heavy atom. The zero-order chi connectivity index (χ0) is 13.7. The van der Waals surface area contributed by atoms with E-state index in [1.165, 1.54) is 6.07 Å². The summed E-state index contributed by atoms with van der Waals surface area (Å²) in [6.07, 6.45) is 1.19. The van der Waals surface area contributed by atoms with Crippen LogP contribution in [0.5, 0.6) is 0 Å². The van der Waals surface area contributed by atoms with E-state index in [1.807, 2.05) is 0 Å². The molecule has 1 aliphatic heterocycles. The van der Waals surface area contributed by atoms with Crippen LogP contribution >= 0.6 is 0 Å². The molecule has 19 heavy (non-hydrogen) atoms. The summed E-state index contributed by atoms with van der Waals surface area (Å²) in [6, 6.07) is 6.63. The van der Waals surface area contributed by atoms with E-state index >= 15 is 0 Å². The van der Waals surface area contributed by atoms with Crippen molar-refractivity contribution in [3.63, 3.8) is 0 Å². The van der Waals surface area contributed by atoms with Gasteiger partial charge in [0.25, 0.3) is 5.69 Å². The zero-order valence-electron chi connectivity index (χ0n) is 10.7. The van der Waals surface area contributed by atoms with Gasteiger partial charge in [-0.1, -0.05) is 18.2 Å². The Hall–Kier alpha value is -1.50. The summed E-state index contributed by atoms with van der Waals surface area (Å²) in [6.45, 7) is 1.91. The van der Waals surface area contributed by atoms with Crippen LogP contribution in [0, 0.1) is 10.1 Å². The van der Waals surface area contributed by atoms with E-state index in [0.717, 1.165) is 0 Å². The van der Waals surface area contributed by atoms with E-state index in [9.17, 15) is 15.2 Å². The topological polar surface area (TPSA) is 84.6 Å². The minimum atomic E-state index is -0.762. The molecular weight excluding hydrogens is 248 g/mol. The molecule has 0 amide bonds. The van der Waals surface area contributed by atoms with Crippen LogP contribution in [0.2, 0.25) is 0 Å². The van der Waals surface area contributed by atoms with Crippen LogP contribution in [0.4, 0.5) is 5.69 Å². The predicted molar refractivity (Wildman–Crippen MR) is 69.8 cm³/mol. The second kappa shape index (κ2) is 6.10. The summed E-state index contributed by atoms with van der Waals surface area (Å²) in [4.78, 5) is 10.5. The van der Waals surface area contributed by atoms with Crippen LogP contribution in [0.3, 0.4) is 0 Å². The lowest BCUT2D eigenvalue weighted by atomic mass is 9.94.